The first-order chi connectivity index (χ1) is 8.33. The van der Waals surface area contributed by atoms with Crippen molar-refractivity contribution in [2.24, 2.45) is 5.92 Å². The van der Waals surface area contributed by atoms with Crippen molar-refractivity contribution in [3.63, 3.8) is 0 Å². The summed E-state index contributed by atoms with van der Waals surface area (Å²) < 4.78 is 0. The minimum atomic E-state index is -0.0434. The molecule has 0 aromatic carbocycles. The first-order valence-corrected chi connectivity index (χ1v) is 7.36. The van der Waals surface area contributed by atoms with E-state index in [1.54, 1.807) is 0 Å². The molecule has 1 N–H and O–H groups in total. The third-order valence-electron chi connectivity index (χ3n) is 4.56. The summed E-state index contributed by atoms with van der Waals surface area (Å²) in [6.07, 6.45) is 11.8. The van der Waals surface area contributed by atoms with Crippen molar-refractivity contribution in [3.05, 3.63) is 12.7 Å². The molecule has 1 aliphatic heterocycles. The Kier molecular flexibility index (Phi) is 5.05. The van der Waals surface area contributed by atoms with Gasteiger partial charge in [0, 0.05) is 18.5 Å². The summed E-state index contributed by atoms with van der Waals surface area (Å²) in [5.41, 5.74) is 0. The number of nitrogens with zero attached hydrogens (tertiary/aromatic N) is 1. The van der Waals surface area contributed by atoms with Crippen LogP contribution in [0.2, 0.25) is 0 Å². The second-order valence-corrected chi connectivity index (χ2v) is 5.69. The van der Waals surface area contributed by atoms with Crippen LogP contribution < -0.4 is 0 Å². The third-order valence-corrected chi connectivity index (χ3v) is 4.56. The Morgan fingerprint density at radius 1 is 1.12 bits per heavy atom. The zero-order chi connectivity index (χ0) is 12.1. The summed E-state index contributed by atoms with van der Waals surface area (Å²) in [4.78, 5) is 2.62. The van der Waals surface area contributed by atoms with Crippen LogP contribution in [0.1, 0.15) is 51.4 Å². The molecular weight excluding hydrogens is 210 g/mol. The maximum absolute atomic E-state index is 10.2. The lowest BCUT2D eigenvalue weighted by Gasteiger charge is -2.43. The topological polar surface area (TPSA) is 23.5 Å². The second-order valence-electron chi connectivity index (χ2n) is 5.69. The molecule has 2 heteroatoms. The molecular formula is C15H27NO. The molecule has 17 heavy (non-hydrogen) atoms. The zero-order valence-electron chi connectivity index (χ0n) is 11.0. The van der Waals surface area contributed by atoms with Crippen LogP contribution >= 0.6 is 0 Å². The SMILES string of the molecule is C=CCCN1CCCCC1C1CCCCC1O. The Hall–Kier alpha value is -0.340. The van der Waals surface area contributed by atoms with Crippen LogP contribution in [0.4, 0.5) is 0 Å². The predicted octanol–water partition coefficient (Wildman–Crippen LogP) is 2.97. The van der Waals surface area contributed by atoms with Gasteiger partial charge >= 0.3 is 0 Å². The molecule has 3 atom stereocenters. The van der Waals surface area contributed by atoms with Crippen molar-refractivity contribution in [3.8, 4) is 0 Å². The monoisotopic (exact) mass is 237 g/mol. The lowest BCUT2D eigenvalue weighted by atomic mass is 9.78. The van der Waals surface area contributed by atoms with Gasteiger partial charge in [-0.2, -0.15) is 0 Å². The average Bonchev–Trinajstić information content (AvgIpc) is 2.37. The van der Waals surface area contributed by atoms with Crippen LogP contribution in [-0.2, 0) is 0 Å². The fraction of sp³-hybridized carbons (Fsp3) is 0.867. The summed E-state index contributed by atoms with van der Waals surface area (Å²) in [6, 6.07) is 0.638. The van der Waals surface area contributed by atoms with Gasteiger partial charge in [0.1, 0.15) is 0 Å². The maximum atomic E-state index is 10.2. The predicted molar refractivity (Wildman–Crippen MR) is 72.0 cm³/mol. The summed E-state index contributed by atoms with van der Waals surface area (Å²) in [6.45, 7) is 6.18. The highest BCUT2D eigenvalue weighted by Gasteiger charge is 2.34. The van der Waals surface area contributed by atoms with E-state index in [1.807, 2.05) is 6.08 Å². The van der Waals surface area contributed by atoms with Crippen LogP contribution in [0.3, 0.4) is 0 Å². The molecule has 3 unspecified atom stereocenters. The van der Waals surface area contributed by atoms with Crippen molar-refractivity contribution in [2.75, 3.05) is 13.1 Å². The van der Waals surface area contributed by atoms with Gasteiger partial charge in [-0.15, -0.1) is 6.58 Å². The van der Waals surface area contributed by atoms with Gasteiger partial charge in [0.2, 0.25) is 0 Å². The fourth-order valence-electron chi connectivity index (χ4n) is 3.63. The molecule has 2 nitrogen and oxygen atoms in total. The molecule has 0 bridgehead atoms. The Morgan fingerprint density at radius 2 is 1.88 bits per heavy atom. The van der Waals surface area contributed by atoms with Crippen molar-refractivity contribution in [1.29, 1.82) is 0 Å². The van der Waals surface area contributed by atoms with Gasteiger partial charge in [0.15, 0.2) is 0 Å². The van der Waals surface area contributed by atoms with Crippen LogP contribution in [0.25, 0.3) is 0 Å². The molecule has 2 fully saturated rings. The standard InChI is InChI=1S/C15H27NO/c1-2-3-11-16-12-7-6-9-14(16)13-8-4-5-10-15(13)17/h2,13-15,17H,1,3-12H2. The lowest BCUT2D eigenvalue weighted by Crippen LogP contribution is -2.48. The number of rotatable bonds is 4. The van der Waals surface area contributed by atoms with Gasteiger partial charge in [-0.05, 0) is 38.6 Å². The highest BCUT2D eigenvalue weighted by molar-refractivity contribution is 4.89. The van der Waals surface area contributed by atoms with Crippen molar-refractivity contribution >= 4 is 0 Å². The van der Waals surface area contributed by atoms with Gasteiger partial charge in [-0.25, -0.2) is 0 Å². The highest BCUT2D eigenvalue weighted by Crippen LogP contribution is 2.34. The minimum absolute atomic E-state index is 0.0434. The average molecular weight is 237 g/mol. The van der Waals surface area contributed by atoms with Crippen molar-refractivity contribution in [2.45, 2.75) is 63.5 Å². The van der Waals surface area contributed by atoms with E-state index in [9.17, 15) is 5.11 Å². The van der Waals surface area contributed by atoms with E-state index in [0.717, 1.165) is 19.4 Å². The Morgan fingerprint density at radius 3 is 2.65 bits per heavy atom. The van der Waals surface area contributed by atoms with E-state index in [0.29, 0.717) is 12.0 Å². The van der Waals surface area contributed by atoms with E-state index in [4.69, 9.17) is 0 Å². The first kappa shape index (κ1) is 13.1. The fourth-order valence-corrected chi connectivity index (χ4v) is 3.63. The second kappa shape index (κ2) is 6.55. The molecule has 1 aliphatic carbocycles. The smallest absolute Gasteiger partial charge is 0.0583 e. The molecule has 0 spiro atoms. The normalized spacial score (nSPS) is 35.7. The molecule has 0 radical (unpaired) electrons. The van der Waals surface area contributed by atoms with Gasteiger partial charge < -0.3 is 5.11 Å². The Balaban J connectivity index is 1.96. The van der Waals surface area contributed by atoms with Crippen LogP contribution in [-0.4, -0.2) is 35.2 Å². The number of aliphatic hydroxyl groups excluding tert-OH is 1. The molecule has 1 heterocycles. The van der Waals surface area contributed by atoms with Crippen molar-refractivity contribution < 1.29 is 5.11 Å². The maximum Gasteiger partial charge on any atom is 0.0583 e. The van der Waals surface area contributed by atoms with E-state index in [2.05, 4.69) is 11.5 Å². The van der Waals surface area contributed by atoms with E-state index < -0.39 is 0 Å². The molecule has 98 valence electrons. The largest absolute Gasteiger partial charge is 0.393 e. The van der Waals surface area contributed by atoms with Gasteiger partial charge in [0.25, 0.3) is 0 Å². The Labute approximate surface area is 106 Å². The zero-order valence-corrected chi connectivity index (χ0v) is 11.0. The van der Waals surface area contributed by atoms with Crippen molar-refractivity contribution in [1.82, 2.24) is 4.90 Å². The molecule has 1 saturated carbocycles. The minimum Gasteiger partial charge on any atom is -0.393 e. The number of hydrogen-bond donors (Lipinski definition) is 1. The molecule has 0 aromatic rings. The van der Waals surface area contributed by atoms with E-state index in [1.165, 1.54) is 45.1 Å². The van der Waals surface area contributed by atoms with Crippen LogP contribution in [0.5, 0.6) is 0 Å². The number of hydrogen-bond acceptors (Lipinski definition) is 2. The van der Waals surface area contributed by atoms with Gasteiger partial charge in [0.05, 0.1) is 6.10 Å². The lowest BCUT2D eigenvalue weighted by molar-refractivity contribution is -0.00486. The summed E-state index contributed by atoms with van der Waals surface area (Å²) in [5.74, 6) is 0.536. The molecule has 2 aliphatic rings. The van der Waals surface area contributed by atoms with Crippen LogP contribution in [0.15, 0.2) is 12.7 Å². The van der Waals surface area contributed by atoms with Gasteiger partial charge in [-0.1, -0.05) is 25.3 Å². The number of aliphatic hydroxyl groups is 1. The third kappa shape index (κ3) is 3.32. The Bertz CT molecular complexity index is 241. The quantitative estimate of drug-likeness (QED) is 0.760. The molecule has 0 aromatic heterocycles. The van der Waals surface area contributed by atoms with E-state index in [-0.39, 0.29) is 6.10 Å². The summed E-state index contributed by atoms with van der Waals surface area (Å²) in [5, 5.41) is 10.2. The number of likely N-dealkylation sites (tertiary alicyclic amines) is 1. The summed E-state index contributed by atoms with van der Waals surface area (Å²) >= 11 is 0. The molecule has 1 saturated heterocycles. The summed E-state index contributed by atoms with van der Waals surface area (Å²) in [7, 11) is 0. The van der Waals surface area contributed by atoms with E-state index >= 15 is 0 Å². The molecule has 2 rings (SSSR count). The molecule has 0 amide bonds. The first-order valence-electron chi connectivity index (χ1n) is 7.36. The van der Waals surface area contributed by atoms with Gasteiger partial charge in [-0.3, -0.25) is 4.90 Å². The van der Waals surface area contributed by atoms with Crippen LogP contribution in [0, 0.1) is 5.92 Å². The highest BCUT2D eigenvalue weighted by atomic mass is 16.3. The number of piperidine rings is 1.